The summed E-state index contributed by atoms with van der Waals surface area (Å²) in [4.78, 5) is 4.69. The molecule has 122 valence electrons. The minimum absolute atomic E-state index is 0.191. The summed E-state index contributed by atoms with van der Waals surface area (Å²) in [5, 5.41) is 0. The van der Waals surface area contributed by atoms with Crippen LogP contribution in [-0.2, 0) is 13.1 Å². The Bertz CT molecular complexity index is 649. The minimum Gasteiger partial charge on any atom is -0.398 e. The Morgan fingerprint density at radius 2 is 1.65 bits per heavy atom. The number of halogens is 1. The van der Waals surface area contributed by atoms with Crippen LogP contribution in [-0.4, -0.2) is 31.1 Å². The zero-order valence-electron chi connectivity index (χ0n) is 13.2. The molecule has 3 rings (SSSR count). The van der Waals surface area contributed by atoms with Gasteiger partial charge in [0.2, 0.25) is 0 Å². The smallest absolute Gasteiger partial charge is 0.123 e. The standard InChI is InChI=1S/C18H23FN4/c19-16-3-5-17(6-4-16)23-9-7-22(8-10-23)13-15-2-1-14(12-20)11-18(15)21/h1-6,11H,7-10,12-13,20-21H2. The molecule has 0 aliphatic carbocycles. The Hall–Kier alpha value is -2.11. The fourth-order valence-electron chi connectivity index (χ4n) is 2.97. The summed E-state index contributed by atoms with van der Waals surface area (Å²) in [6, 6.07) is 12.8. The van der Waals surface area contributed by atoms with Crippen LogP contribution in [0.25, 0.3) is 0 Å². The van der Waals surface area contributed by atoms with Crippen LogP contribution >= 0.6 is 0 Å². The van der Waals surface area contributed by atoms with E-state index < -0.39 is 0 Å². The Kier molecular flexibility index (Phi) is 4.79. The topological polar surface area (TPSA) is 58.5 Å². The molecule has 1 heterocycles. The van der Waals surface area contributed by atoms with Crippen LogP contribution in [0.4, 0.5) is 15.8 Å². The number of hydrogen-bond acceptors (Lipinski definition) is 4. The Labute approximate surface area is 136 Å². The minimum atomic E-state index is -0.191. The van der Waals surface area contributed by atoms with Crippen LogP contribution in [0.5, 0.6) is 0 Å². The maximum absolute atomic E-state index is 13.0. The first kappa shape index (κ1) is 15.8. The number of benzene rings is 2. The first-order valence-corrected chi connectivity index (χ1v) is 7.96. The molecule has 0 amide bonds. The number of nitrogens with zero attached hydrogens (tertiary/aromatic N) is 2. The van der Waals surface area contributed by atoms with Gasteiger partial charge in [0.25, 0.3) is 0 Å². The summed E-state index contributed by atoms with van der Waals surface area (Å²) < 4.78 is 13.0. The van der Waals surface area contributed by atoms with Gasteiger partial charge >= 0.3 is 0 Å². The van der Waals surface area contributed by atoms with Crippen LogP contribution < -0.4 is 16.4 Å². The van der Waals surface area contributed by atoms with Gasteiger partial charge in [0.05, 0.1) is 0 Å². The maximum Gasteiger partial charge on any atom is 0.123 e. The third kappa shape index (κ3) is 3.81. The number of piperazine rings is 1. The third-order valence-corrected chi connectivity index (χ3v) is 4.40. The second-order valence-electron chi connectivity index (χ2n) is 5.98. The third-order valence-electron chi connectivity index (χ3n) is 4.40. The van der Waals surface area contributed by atoms with E-state index in [1.54, 1.807) is 0 Å². The first-order valence-electron chi connectivity index (χ1n) is 7.96. The molecule has 1 aliphatic rings. The van der Waals surface area contributed by atoms with E-state index in [-0.39, 0.29) is 5.82 Å². The van der Waals surface area contributed by atoms with Crippen molar-refractivity contribution in [1.82, 2.24) is 4.90 Å². The normalized spacial score (nSPS) is 15.8. The van der Waals surface area contributed by atoms with Crippen molar-refractivity contribution < 1.29 is 4.39 Å². The van der Waals surface area contributed by atoms with E-state index >= 15 is 0 Å². The molecule has 2 aromatic rings. The highest BCUT2D eigenvalue weighted by Gasteiger charge is 2.18. The van der Waals surface area contributed by atoms with E-state index in [0.717, 1.165) is 55.2 Å². The molecule has 0 spiro atoms. The van der Waals surface area contributed by atoms with E-state index in [4.69, 9.17) is 11.5 Å². The van der Waals surface area contributed by atoms with Gasteiger partial charge in [0.1, 0.15) is 5.82 Å². The zero-order chi connectivity index (χ0) is 16.2. The van der Waals surface area contributed by atoms with Crippen LogP contribution in [0.3, 0.4) is 0 Å². The lowest BCUT2D eigenvalue weighted by molar-refractivity contribution is 0.250. The average Bonchev–Trinajstić information content (AvgIpc) is 2.58. The molecule has 4 nitrogen and oxygen atoms in total. The molecule has 0 radical (unpaired) electrons. The van der Waals surface area contributed by atoms with Gasteiger partial charge in [-0.2, -0.15) is 0 Å². The first-order chi connectivity index (χ1) is 11.2. The zero-order valence-corrected chi connectivity index (χ0v) is 13.2. The molecule has 1 saturated heterocycles. The van der Waals surface area contributed by atoms with Crippen LogP contribution in [0.15, 0.2) is 42.5 Å². The predicted molar refractivity (Wildman–Crippen MR) is 92.6 cm³/mol. The van der Waals surface area contributed by atoms with Gasteiger partial charge in [-0.05, 0) is 41.5 Å². The molecule has 0 bridgehead atoms. The highest BCUT2D eigenvalue weighted by atomic mass is 19.1. The highest BCUT2D eigenvalue weighted by Crippen LogP contribution is 2.20. The summed E-state index contributed by atoms with van der Waals surface area (Å²) in [6.45, 7) is 5.18. The SMILES string of the molecule is NCc1ccc(CN2CCN(c3ccc(F)cc3)CC2)c(N)c1. The fourth-order valence-corrected chi connectivity index (χ4v) is 2.97. The number of rotatable bonds is 4. The molecule has 23 heavy (non-hydrogen) atoms. The van der Waals surface area contributed by atoms with Crippen molar-refractivity contribution in [1.29, 1.82) is 0 Å². The van der Waals surface area contributed by atoms with Gasteiger partial charge in [-0.15, -0.1) is 0 Å². The van der Waals surface area contributed by atoms with E-state index in [2.05, 4.69) is 15.9 Å². The Morgan fingerprint density at radius 3 is 2.26 bits per heavy atom. The molecule has 1 aliphatic heterocycles. The molecule has 4 N–H and O–H groups in total. The van der Waals surface area contributed by atoms with Crippen LogP contribution in [0.2, 0.25) is 0 Å². The number of anilines is 2. The lowest BCUT2D eigenvalue weighted by Crippen LogP contribution is -2.46. The molecule has 0 aromatic heterocycles. The van der Waals surface area contributed by atoms with Crippen molar-refractivity contribution in [3.8, 4) is 0 Å². The molecule has 1 fully saturated rings. The van der Waals surface area contributed by atoms with Gasteiger partial charge in [-0.25, -0.2) is 4.39 Å². The molecule has 0 unspecified atom stereocenters. The van der Waals surface area contributed by atoms with Crippen molar-refractivity contribution in [2.24, 2.45) is 5.73 Å². The van der Waals surface area contributed by atoms with Crippen molar-refractivity contribution in [3.05, 3.63) is 59.4 Å². The number of nitrogens with two attached hydrogens (primary N) is 2. The van der Waals surface area contributed by atoms with E-state index in [9.17, 15) is 4.39 Å². The van der Waals surface area contributed by atoms with Gasteiger partial charge in [0.15, 0.2) is 0 Å². The number of hydrogen-bond donors (Lipinski definition) is 2. The summed E-state index contributed by atoms with van der Waals surface area (Å²) >= 11 is 0. The molecule has 5 heteroatoms. The largest absolute Gasteiger partial charge is 0.398 e. The second kappa shape index (κ2) is 6.98. The van der Waals surface area contributed by atoms with Crippen molar-refractivity contribution in [2.75, 3.05) is 36.8 Å². The Morgan fingerprint density at radius 1 is 0.957 bits per heavy atom. The van der Waals surface area contributed by atoms with Crippen molar-refractivity contribution >= 4 is 11.4 Å². The van der Waals surface area contributed by atoms with Crippen molar-refractivity contribution in [3.63, 3.8) is 0 Å². The molecule has 0 saturated carbocycles. The maximum atomic E-state index is 13.0. The molecule has 2 aromatic carbocycles. The summed E-state index contributed by atoms with van der Waals surface area (Å²) in [5.41, 5.74) is 15.9. The van der Waals surface area contributed by atoms with E-state index in [1.807, 2.05) is 24.3 Å². The van der Waals surface area contributed by atoms with Gasteiger partial charge in [-0.1, -0.05) is 12.1 Å². The molecular formula is C18H23FN4. The lowest BCUT2D eigenvalue weighted by atomic mass is 10.1. The van der Waals surface area contributed by atoms with Gasteiger partial charge in [-0.3, -0.25) is 4.90 Å². The highest BCUT2D eigenvalue weighted by molar-refractivity contribution is 5.49. The molecule has 0 atom stereocenters. The van der Waals surface area contributed by atoms with Gasteiger partial charge < -0.3 is 16.4 Å². The number of nitrogen functional groups attached to an aromatic ring is 1. The van der Waals surface area contributed by atoms with Crippen LogP contribution in [0.1, 0.15) is 11.1 Å². The fraction of sp³-hybridized carbons (Fsp3) is 0.333. The summed E-state index contributed by atoms with van der Waals surface area (Å²) in [5.74, 6) is -0.191. The molecular weight excluding hydrogens is 291 g/mol. The second-order valence-corrected chi connectivity index (χ2v) is 5.98. The summed E-state index contributed by atoms with van der Waals surface area (Å²) in [6.07, 6.45) is 0. The van der Waals surface area contributed by atoms with Gasteiger partial charge in [0, 0.05) is 50.6 Å². The predicted octanol–water partition coefficient (Wildman–Crippen LogP) is 2.19. The summed E-state index contributed by atoms with van der Waals surface area (Å²) in [7, 11) is 0. The van der Waals surface area contributed by atoms with Crippen LogP contribution in [0, 0.1) is 5.82 Å². The Balaban J connectivity index is 1.58. The van der Waals surface area contributed by atoms with Crippen molar-refractivity contribution in [2.45, 2.75) is 13.1 Å². The van der Waals surface area contributed by atoms with E-state index in [0.29, 0.717) is 6.54 Å². The quantitative estimate of drug-likeness (QED) is 0.849. The monoisotopic (exact) mass is 314 g/mol. The lowest BCUT2D eigenvalue weighted by Gasteiger charge is -2.36. The van der Waals surface area contributed by atoms with E-state index in [1.165, 1.54) is 12.1 Å². The average molecular weight is 314 g/mol.